The first-order chi connectivity index (χ1) is 8.47. The van der Waals surface area contributed by atoms with Crippen molar-refractivity contribution in [2.24, 2.45) is 11.8 Å². The van der Waals surface area contributed by atoms with E-state index in [4.69, 9.17) is 0 Å². The van der Waals surface area contributed by atoms with Gasteiger partial charge in [-0.2, -0.15) is 13.2 Å². The monoisotopic (exact) mass is 279 g/mol. The van der Waals surface area contributed by atoms with Crippen LogP contribution >= 0.6 is 11.3 Å². The highest BCUT2D eigenvalue weighted by molar-refractivity contribution is 7.09. The Hall–Kier alpha value is -0.620. The average molecular weight is 279 g/mol. The van der Waals surface area contributed by atoms with E-state index in [2.05, 4.69) is 4.98 Å². The highest BCUT2D eigenvalue weighted by Gasteiger charge is 2.43. The van der Waals surface area contributed by atoms with Gasteiger partial charge in [-0.3, -0.25) is 0 Å². The van der Waals surface area contributed by atoms with Crippen LogP contribution in [0.4, 0.5) is 13.2 Å². The van der Waals surface area contributed by atoms with Crippen molar-refractivity contribution in [2.75, 3.05) is 0 Å². The maximum Gasteiger partial charge on any atom is 0.391 e. The van der Waals surface area contributed by atoms with Gasteiger partial charge in [0.05, 0.1) is 17.0 Å². The van der Waals surface area contributed by atoms with E-state index in [1.165, 1.54) is 11.3 Å². The van der Waals surface area contributed by atoms with Crippen LogP contribution in [-0.4, -0.2) is 22.4 Å². The molecule has 1 heterocycles. The van der Waals surface area contributed by atoms with Crippen LogP contribution in [0.2, 0.25) is 0 Å². The standard InChI is InChI=1S/C12H16F3NOS/c13-12(14,15)9-3-1-2-8(6-9)10(17)7-11-16-4-5-18-11/h4-5,8-10,17H,1-3,6-7H2. The molecule has 18 heavy (non-hydrogen) atoms. The van der Waals surface area contributed by atoms with Crippen molar-refractivity contribution in [2.45, 2.75) is 44.4 Å². The minimum Gasteiger partial charge on any atom is -0.392 e. The molecule has 1 fully saturated rings. The minimum absolute atomic E-state index is 0.0516. The van der Waals surface area contributed by atoms with Crippen LogP contribution in [0.15, 0.2) is 11.6 Å². The first-order valence-electron chi connectivity index (χ1n) is 6.10. The molecule has 1 aromatic heterocycles. The Kier molecular flexibility index (Phi) is 4.27. The molecule has 1 aliphatic carbocycles. The van der Waals surface area contributed by atoms with E-state index >= 15 is 0 Å². The third-order valence-corrected chi connectivity index (χ3v) is 4.39. The van der Waals surface area contributed by atoms with Gasteiger partial charge in [0.25, 0.3) is 0 Å². The molecule has 2 rings (SSSR count). The van der Waals surface area contributed by atoms with Gasteiger partial charge in [0, 0.05) is 18.0 Å². The fourth-order valence-corrected chi connectivity index (χ4v) is 3.24. The maximum atomic E-state index is 12.7. The molecular weight excluding hydrogens is 263 g/mol. The van der Waals surface area contributed by atoms with E-state index in [1.54, 1.807) is 11.6 Å². The van der Waals surface area contributed by atoms with Gasteiger partial charge in [-0.25, -0.2) is 4.98 Å². The van der Waals surface area contributed by atoms with E-state index in [-0.39, 0.29) is 18.8 Å². The van der Waals surface area contributed by atoms with E-state index in [9.17, 15) is 18.3 Å². The first kappa shape index (κ1) is 13.8. The summed E-state index contributed by atoms with van der Waals surface area (Å²) >= 11 is 1.43. The highest BCUT2D eigenvalue weighted by Crippen LogP contribution is 2.41. The SMILES string of the molecule is OC(Cc1nccs1)C1CCCC(C(F)(F)F)C1. The summed E-state index contributed by atoms with van der Waals surface area (Å²) < 4.78 is 38.0. The largest absolute Gasteiger partial charge is 0.392 e. The van der Waals surface area contributed by atoms with Crippen molar-refractivity contribution in [3.63, 3.8) is 0 Å². The summed E-state index contributed by atoms with van der Waals surface area (Å²) in [7, 11) is 0. The first-order valence-corrected chi connectivity index (χ1v) is 6.98. The van der Waals surface area contributed by atoms with Gasteiger partial charge >= 0.3 is 6.18 Å². The Bertz CT molecular complexity index is 366. The van der Waals surface area contributed by atoms with Crippen molar-refractivity contribution in [3.05, 3.63) is 16.6 Å². The second-order valence-corrected chi connectivity index (χ2v) is 5.84. The Balaban J connectivity index is 1.92. The Morgan fingerprint density at radius 3 is 2.83 bits per heavy atom. The molecule has 1 aromatic rings. The number of rotatable bonds is 3. The van der Waals surface area contributed by atoms with E-state index < -0.39 is 18.2 Å². The van der Waals surface area contributed by atoms with Crippen molar-refractivity contribution in [3.8, 4) is 0 Å². The molecule has 1 N–H and O–H groups in total. The lowest BCUT2D eigenvalue weighted by Crippen LogP contribution is -2.34. The predicted molar refractivity (Wildman–Crippen MR) is 63.3 cm³/mol. The Morgan fingerprint density at radius 2 is 2.22 bits per heavy atom. The zero-order valence-electron chi connectivity index (χ0n) is 9.86. The molecule has 6 heteroatoms. The van der Waals surface area contributed by atoms with Crippen molar-refractivity contribution >= 4 is 11.3 Å². The third kappa shape index (κ3) is 3.45. The number of alkyl halides is 3. The molecule has 102 valence electrons. The molecular formula is C12H16F3NOS. The maximum absolute atomic E-state index is 12.7. The quantitative estimate of drug-likeness (QED) is 0.919. The molecule has 0 saturated heterocycles. The molecule has 1 saturated carbocycles. The van der Waals surface area contributed by atoms with Gasteiger partial charge in [-0.15, -0.1) is 11.3 Å². The fraction of sp³-hybridized carbons (Fsp3) is 0.750. The molecule has 0 aromatic carbocycles. The lowest BCUT2D eigenvalue weighted by atomic mass is 9.78. The van der Waals surface area contributed by atoms with Crippen LogP contribution in [-0.2, 0) is 6.42 Å². The second-order valence-electron chi connectivity index (χ2n) is 4.86. The van der Waals surface area contributed by atoms with Gasteiger partial charge in [0.15, 0.2) is 0 Å². The molecule has 3 atom stereocenters. The summed E-state index contributed by atoms with van der Waals surface area (Å²) in [6.07, 6.45) is -1.34. The number of halogens is 3. The van der Waals surface area contributed by atoms with Crippen molar-refractivity contribution < 1.29 is 18.3 Å². The molecule has 1 aliphatic rings. The number of aromatic nitrogens is 1. The Morgan fingerprint density at radius 1 is 1.44 bits per heavy atom. The second kappa shape index (κ2) is 5.57. The molecule has 0 amide bonds. The molecule has 2 nitrogen and oxygen atoms in total. The minimum atomic E-state index is -4.13. The molecule has 0 radical (unpaired) electrons. The summed E-state index contributed by atoms with van der Waals surface area (Å²) in [5.74, 6) is -1.50. The van der Waals surface area contributed by atoms with Gasteiger partial charge in [-0.05, 0) is 25.2 Å². The molecule has 0 bridgehead atoms. The van der Waals surface area contributed by atoms with Crippen LogP contribution in [0.1, 0.15) is 30.7 Å². The number of hydrogen-bond donors (Lipinski definition) is 1. The zero-order chi connectivity index (χ0) is 13.2. The molecule has 3 unspecified atom stereocenters. The van der Waals surface area contributed by atoms with Crippen LogP contribution in [0.5, 0.6) is 0 Å². The zero-order valence-corrected chi connectivity index (χ0v) is 10.7. The summed E-state index contributed by atoms with van der Waals surface area (Å²) in [5.41, 5.74) is 0. The number of thiazole rings is 1. The number of aliphatic hydroxyl groups is 1. The van der Waals surface area contributed by atoms with Crippen molar-refractivity contribution in [1.29, 1.82) is 0 Å². The van der Waals surface area contributed by atoms with Gasteiger partial charge in [-0.1, -0.05) is 6.42 Å². The van der Waals surface area contributed by atoms with Crippen LogP contribution in [0.3, 0.4) is 0 Å². The van der Waals surface area contributed by atoms with E-state index in [0.717, 1.165) is 5.01 Å². The summed E-state index contributed by atoms with van der Waals surface area (Å²) in [5, 5.41) is 12.6. The smallest absolute Gasteiger partial charge is 0.391 e. The number of aliphatic hydroxyl groups excluding tert-OH is 1. The normalized spacial score (nSPS) is 27.1. The predicted octanol–water partition coefficient (Wildman–Crippen LogP) is 3.42. The van der Waals surface area contributed by atoms with Crippen molar-refractivity contribution in [1.82, 2.24) is 4.98 Å². The van der Waals surface area contributed by atoms with E-state index in [1.807, 2.05) is 0 Å². The van der Waals surface area contributed by atoms with E-state index in [0.29, 0.717) is 19.3 Å². The lowest BCUT2D eigenvalue weighted by molar-refractivity contribution is -0.188. The van der Waals surface area contributed by atoms with Crippen LogP contribution in [0, 0.1) is 11.8 Å². The Labute approximate surface area is 108 Å². The van der Waals surface area contributed by atoms with Gasteiger partial charge in [0.2, 0.25) is 0 Å². The summed E-state index contributed by atoms with van der Waals surface area (Å²) in [4.78, 5) is 4.06. The number of nitrogens with zero attached hydrogens (tertiary/aromatic N) is 1. The topological polar surface area (TPSA) is 33.1 Å². The highest BCUT2D eigenvalue weighted by atomic mass is 32.1. The number of hydrogen-bond acceptors (Lipinski definition) is 3. The van der Waals surface area contributed by atoms with Gasteiger partial charge < -0.3 is 5.11 Å². The lowest BCUT2D eigenvalue weighted by Gasteiger charge is -2.33. The van der Waals surface area contributed by atoms with Crippen LogP contribution in [0.25, 0.3) is 0 Å². The molecule has 0 spiro atoms. The third-order valence-electron chi connectivity index (χ3n) is 3.59. The average Bonchev–Trinajstić information content (AvgIpc) is 2.81. The fourth-order valence-electron chi connectivity index (χ4n) is 2.57. The summed E-state index contributed by atoms with van der Waals surface area (Å²) in [6, 6.07) is 0. The summed E-state index contributed by atoms with van der Waals surface area (Å²) in [6.45, 7) is 0. The van der Waals surface area contributed by atoms with Gasteiger partial charge in [0.1, 0.15) is 0 Å². The molecule has 0 aliphatic heterocycles. The van der Waals surface area contributed by atoms with Crippen LogP contribution < -0.4 is 0 Å².